The van der Waals surface area contributed by atoms with E-state index in [0.29, 0.717) is 23.6 Å². The maximum Gasteiger partial charge on any atom is 0.231 e. The lowest BCUT2D eigenvalue weighted by molar-refractivity contribution is -0.900. The van der Waals surface area contributed by atoms with E-state index in [-0.39, 0.29) is 53.9 Å². The predicted molar refractivity (Wildman–Crippen MR) is 118 cm³/mol. The van der Waals surface area contributed by atoms with Gasteiger partial charge in [-0.15, -0.1) is 0 Å². The zero-order valence-electron chi connectivity index (χ0n) is 18.1. The summed E-state index contributed by atoms with van der Waals surface area (Å²) in [5, 5.41) is 0.531. The third kappa shape index (κ3) is 4.21. The number of benzene rings is 2. The summed E-state index contributed by atoms with van der Waals surface area (Å²) in [6.07, 6.45) is 3.23. The molecule has 1 fully saturated rings. The van der Waals surface area contributed by atoms with Crippen LogP contribution in [0.25, 0.3) is 0 Å². The second-order valence-electron chi connectivity index (χ2n) is 9.51. The molecule has 1 aliphatic carbocycles. The first-order valence-electron chi connectivity index (χ1n) is 11.1. The molecule has 3 aliphatic rings. The highest BCUT2D eigenvalue weighted by Crippen LogP contribution is 2.40. The Hall–Kier alpha value is -1.51. The van der Waals surface area contributed by atoms with Crippen LogP contribution in [0.4, 0.5) is 4.39 Å². The molecule has 1 amide bonds. The van der Waals surface area contributed by atoms with Crippen LogP contribution in [0.1, 0.15) is 58.3 Å². The molecule has 2 atom stereocenters. The quantitative estimate of drug-likeness (QED) is 0.416. The highest BCUT2D eigenvalue weighted by molar-refractivity contribution is 6.31. The minimum atomic E-state index is -0.511. The lowest BCUT2D eigenvalue weighted by Gasteiger charge is -2.42. The number of ketones is 1. The van der Waals surface area contributed by atoms with Crippen molar-refractivity contribution in [3.05, 3.63) is 69.5 Å². The first-order valence-corrected chi connectivity index (χ1v) is 11.5. The summed E-state index contributed by atoms with van der Waals surface area (Å²) in [6.45, 7) is 3.50. The largest absolute Gasteiger partial charge is 1.00 e. The van der Waals surface area contributed by atoms with Gasteiger partial charge in [0.2, 0.25) is 5.91 Å². The Labute approximate surface area is 210 Å². The molecule has 0 N–H and O–H groups in total. The average Bonchev–Trinajstić information content (AvgIpc) is 3.31. The standard InChI is InChI=1S/C25H27ClFN2O2.HI/c1-29(10-2-3-11-29)15-23-20-13-18(27)6-4-16(20)8-9-28(23)25(31)22-14-24(30)19-7-5-17(26)12-21(19)22;/h4-7,12-13,22-23H,2-3,8-11,14-15H2,1H3;1H/q+1;/p-1. The Morgan fingerprint density at radius 2 is 1.91 bits per heavy atom. The van der Waals surface area contributed by atoms with Crippen LogP contribution in [0.3, 0.4) is 0 Å². The Balaban J connectivity index is 0.00000245. The van der Waals surface area contributed by atoms with Crippen molar-refractivity contribution in [2.45, 2.75) is 37.6 Å². The summed E-state index contributed by atoms with van der Waals surface area (Å²) < 4.78 is 15.1. The lowest BCUT2D eigenvalue weighted by Crippen LogP contribution is -3.00. The number of carbonyl (C=O) groups is 2. The van der Waals surface area contributed by atoms with E-state index >= 15 is 0 Å². The Morgan fingerprint density at radius 1 is 1.16 bits per heavy atom. The zero-order chi connectivity index (χ0) is 21.8. The second kappa shape index (κ2) is 9.03. The highest BCUT2D eigenvalue weighted by Gasteiger charge is 2.43. The molecule has 170 valence electrons. The van der Waals surface area contributed by atoms with E-state index < -0.39 is 5.92 Å². The van der Waals surface area contributed by atoms with E-state index in [2.05, 4.69) is 7.05 Å². The molecule has 5 rings (SSSR count). The van der Waals surface area contributed by atoms with E-state index in [0.717, 1.165) is 40.8 Å². The molecule has 0 spiro atoms. The number of hydrogen-bond acceptors (Lipinski definition) is 2. The normalized spacial score (nSPS) is 23.5. The Kier molecular flexibility index (Phi) is 6.67. The van der Waals surface area contributed by atoms with E-state index in [1.165, 1.54) is 18.9 Å². The van der Waals surface area contributed by atoms with Crippen molar-refractivity contribution >= 4 is 23.3 Å². The number of hydrogen-bond donors (Lipinski definition) is 0. The van der Waals surface area contributed by atoms with E-state index in [1.807, 2.05) is 11.0 Å². The molecule has 0 radical (unpaired) electrons. The number of fused-ring (bicyclic) bond motifs is 2. The minimum Gasteiger partial charge on any atom is -1.00 e. The van der Waals surface area contributed by atoms with Gasteiger partial charge in [0.1, 0.15) is 18.4 Å². The van der Waals surface area contributed by atoms with Gasteiger partial charge in [0.25, 0.3) is 0 Å². The Bertz CT molecular complexity index is 1070. The summed E-state index contributed by atoms with van der Waals surface area (Å²) >= 11 is 6.19. The van der Waals surface area contributed by atoms with Crippen molar-refractivity contribution in [2.75, 3.05) is 33.2 Å². The number of amides is 1. The second-order valence-corrected chi connectivity index (χ2v) is 9.94. The molecule has 2 aromatic carbocycles. The molecular formula is C25H27ClFIN2O2. The lowest BCUT2D eigenvalue weighted by atomic mass is 9.89. The van der Waals surface area contributed by atoms with Crippen LogP contribution >= 0.6 is 11.6 Å². The molecule has 0 bridgehead atoms. The van der Waals surface area contributed by atoms with Crippen molar-refractivity contribution < 1.29 is 42.4 Å². The van der Waals surface area contributed by atoms with Gasteiger partial charge in [0, 0.05) is 36.4 Å². The topological polar surface area (TPSA) is 37.4 Å². The van der Waals surface area contributed by atoms with Gasteiger partial charge in [0.15, 0.2) is 5.78 Å². The molecule has 32 heavy (non-hydrogen) atoms. The Morgan fingerprint density at radius 3 is 2.66 bits per heavy atom. The van der Waals surface area contributed by atoms with Crippen LogP contribution in [0, 0.1) is 5.82 Å². The van der Waals surface area contributed by atoms with Crippen molar-refractivity contribution in [2.24, 2.45) is 0 Å². The molecule has 2 aromatic rings. The van der Waals surface area contributed by atoms with Crippen molar-refractivity contribution in [1.82, 2.24) is 4.90 Å². The number of likely N-dealkylation sites (tertiary alicyclic amines) is 1. The van der Waals surface area contributed by atoms with Gasteiger partial charge in [-0.2, -0.15) is 0 Å². The highest BCUT2D eigenvalue weighted by atomic mass is 127. The summed E-state index contributed by atoms with van der Waals surface area (Å²) in [5.74, 6) is -0.832. The number of halogens is 3. The van der Waals surface area contributed by atoms with Gasteiger partial charge in [0.05, 0.1) is 26.1 Å². The molecule has 2 unspecified atom stereocenters. The number of carbonyl (C=O) groups excluding carboxylic acids is 2. The third-order valence-corrected chi connectivity index (χ3v) is 7.62. The van der Waals surface area contributed by atoms with Crippen LogP contribution in [0.2, 0.25) is 5.02 Å². The van der Waals surface area contributed by atoms with Crippen LogP contribution < -0.4 is 24.0 Å². The molecule has 1 saturated heterocycles. The molecule has 4 nitrogen and oxygen atoms in total. The van der Waals surface area contributed by atoms with Crippen molar-refractivity contribution in [3.63, 3.8) is 0 Å². The van der Waals surface area contributed by atoms with Crippen LogP contribution in [-0.4, -0.2) is 54.3 Å². The average molecular weight is 569 g/mol. The number of quaternary nitrogens is 1. The first kappa shape index (κ1) is 23.6. The maximum atomic E-state index is 14.2. The van der Waals surface area contributed by atoms with Crippen molar-refractivity contribution in [1.29, 1.82) is 0 Å². The number of nitrogens with zero attached hydrogens (tertiary/aromatic N) is 2. The van der Waals surface area contributed by atoms with Gasteiger partial charge in [-0.3, -0.25) is 9.59 Å². The molecule has 2 aliphatic heterocycles. The number of rotatable bonds is 3. The fraction of sp³-hybridized carbons (Fsp3) is 0.440. The van der Waals surface area contributed by atoms with E-state index in [9.17, 15) is 14.0 Å². The fourth-order valence-electron chi connectivity index (χ4n) is 5.73. The van der Waals surface area contributed by atoms with E-state index in [1.54, 1.807) is 24.3 Å². The molecule has 0 aromatic heterocycles. The number of likely N-dealkylation sites (N-methyl/N-ethyl adjacent to an activating group) is 1. The smallest absolute Gasteiger partial charge is 0.231 e. The van der Waals surface area contributed by atoms with Crippen molar-refractivity contribution in [3.8, 4) is 0 Å². The maximum absolute atomic E-state index is 14.2. The van der Waals surface area contributed by atoms with Gasteiger partial charge >= 0.3 is 0 Å². The molecule has 0 saturated carbocycles. The summed E-state index contributed by atoms with van der Waals surface area (Å²) in [7, 11) is 2.23. The SMILES string of the molecule is C[N+]1(CC2c3cc(F)ccc3CCN2C(=O)C2CC(=O)c3ccc(Cl)cc32)CCCC1.[I-]. The van der Waals surface area contributed by atoms with Crippen LogP contribution in [0.15, 0.2) is 36.4 Å². The van der Waals surface area contributed by atoms with Gasteiger partial charge in [-0.05, 0) is 53.4 Å². The third-order valence-electron chi connectivity index (χ3n) is 7.38. The van der Waals surface area contributed by atoms with E-state index in [4.69, 9.17) is 11.6 Å². The fourth-order valence-corrected chi connectivity index (χ4v) is 5.91. The van der Waals surface area contributed by atoms with Gasteiger partial charge < -0.3 is 33.4 Å². The predicted octanol–water partition coefficient (Wildman–Crippen LogP) is 1.52. The summed E-state index contributed by atoms with van der Waals surface area (Å²) in [4.78, 5) is 28.3. The monoisotopic (exact) mass is 568 g/mol. The summed E-state index contributed by atoms with van der Waals surface area (Å²) in [5.41, 5.74) is 3.36. The first-order chi connectivity index (χ1) is 14.8. The number of Topliss-reactive ketones (excluding diaryl/α,β-unsaturated/α-hetero) is 1. The molecular weight excluding hydrogens is 542 g/mol. The van der Waals surface area contributed by atoms with Crippen LogP contribution in [-0.2, 0) is 11.2 Å². The van der Waals surface area contributed by atoms with Gasteiger partial charge in [-0.25, -0.2) is 4.39 Å². The van der Waals surface area contributed by atoms with Gasteiger partial charge in [-0.1, -0.05) is 17.7 Å². The molecule has 2 heterocycles. The van der Waals surface area contributed by atoms with Crippen LogP contribution in [0.5, 0.6) is 0 Å². The minimum absolute atomic E-state index is 0. The molecule has 7 heteroatoms. The zero-order valence-corrected chi connectivity index (χ0v) is 21.0. The summed E-state index contributed by atoms with van der Waals surface area (Å²) in [6, 6.07) is 9.96.